The lowest BCUT2D eigenvalue weighted by molar-refractivity contribution is -0.134. The Balaban J connectivity index is 1.48. The van der Waals surface area contributed by atoms with Gasteiger partial charge in [-0.2, -0.15) is 0 Å². The van der Waals surface area contributed by atoms with Crippen molar-refractivity contribution in [3.63, 3.8) is 0 Å². The van der Waals surface area contributed by atoms with E-state index in [0.717, 1.165) is 32.4 Å². The fraction of sp³-hybridized carbons (Fsp3) is 0.364. The highest BCUT2D eigenvalue weighted by Crippen LogP contribution is 2.22. The van der Waals surface area contributed by atoms with E-state index in [1.54, 1.807) is 24.3 Å². The molecule has 2 aromatic carbocycles. The second-order valence-corrected chi connectivity index (χ2v) is 6.85. The number of likely N-dealkylation sites (tertiary alicyclic amines) is 1. The van der Waals surface area contributed by atoms with E-state index in [2.05, 4.69) is 24.3 Å². The van der Waals surface area contributed by atoms with Crippen molar-refractivity contribution in [3.05, 3.63) is 65.7 Å². The second kappa shape index (κ2) is 8.65. The highest BCUT2D eigenvalue weighted by Gasteiger charge is 2.23. The Hall–Kier alpha value is -2.62. The molecule has 0 aliphatic carbocycles. The molecule has 2 aromatic rings. The summed E-state index contributed by atoms with van der Waals surface area (Å²) in [6.07, 6.45) is 3.11. The number of nitrogens with zero attached hydrogens (tertiary/aromatic N) is 1. The van der Waals surface area contributed by atoms with Crippen molar-refractivity contribution in [1.29, 1.82) is 0 Å². The van der Waals surface area contributed by atoms with Crippen LogP contribution in [0.4, 0.5) is 0 Å². The summed E-state index contributed by atoms with van der Waals surface area (Å²) in [4.78, 5) is 25.9. The van der Waals surface area contributed by atoms with Gasteiger partial charge in [-0.25, -0.2) is 0 Å². The molecule has 0 atom stereocenters. The third-order valence-corrected chi connectivity index (χ3v) is 4.95. The molecule has 0 radical (unpaired) electrons. The van der Waals surface area contributed by atoms with Crippen molar-refractivity contribution in [3.8, 4) is 5.75 Å². The van der Waals surface area contributed by atoms with Gasteiger partial charge in [-0.1, -0.05) is 42.5 Å². The van der Waals surface area contributed by atoms with Crippen LogP contribution in [0.2, 0.25) is 0 Å². The van der Waals surface area contributed by atoms with E-state index in [1.807, 2.05) is 11.0 Å². The molecule has 0 saturated carbocycles. The first-order valence-electron chi connectivity index (χ1n) is 9.18. The van der Waals surface area contributed by atoms with E-state index in [4.69, 9.17) is 4.74 Å². The van der Waals surface area contributed by atoms with Crippen LogP contribution in [0.25, 0.3) is 0 Å². The number of rotatable bonds is 6. The minimum Gasteiger partial charge on any atom is -0.483 e. The number of ether oxygens (including phenoxy) is 1. The molecule has 0 bridgehead atoms. The Bertz CT molecular complexity index is 749. The van der Waals surface area contributed by atoms with Crippen LogP contribution >= 0.6 is 0 Å². The molecule has 1 aliphatic rings. The third-order valence-electron chi connectivity index (χ3n) is 4.95. The van der Waals surface area contributed by atoms with E-state index in [9.17, 15) is 9.59 Å². The summed E-state index contributed by atoms with van der Waals surface area (Å²) in [6.45, 7) is 3.03. The summed E-state index contributed by atoms with van der Waals surface area (Å²) in [5.74, 6) is 1.03. The number of carbonyl (C=O) groups excluding carboxylic acids is 2. The molecule has 0 unspecified atom stereocenters. The zero-order chi connectivity index (χ0) is 18.4. The van der Waals surface area contributed by atoms with E-state index >= 15 is 0 Å². The first kappa shape index (κ1) is 18.2. The number of amides is 1. The molecule has 0 spiro atoms. The smallest absolute Gasteiger partial charge is 0.260 e. The molecule has 4 heteroatoms. The summed E-state index contributed by atoms with van der Waals surface area (Å²) in [5, 5.41) is 0. The van der Waals surface area contributed by atoms with Gasteiger partial charge in [-0.3, -0.25) is 9.59 Å². The van der Waals surface area contributed by atoms with Crippen LogP contribution in [0.1, 0.15) is 35.7 Å². The van der Waals surface area contributed by atoms with E-state index < -0.39 is 0 Å². The summed E-state index contributed by atoms with van der Waals surface area (Å²) in [5.41, 5.74) is 1.88. The minimum atomic E-state index is -0.0604. The van der Waals surface area contributed by atoms with Crippen LogP contribution in [-0.2, 0) is 11.2 Å². The van der Waals surface area contributed by atoms with Crippen molar-refractivity contribution in [1.82, 2.24) is 4.90 Å². The Morgan fingerprint density at radius 1 is 1.00 bits per heavy atom. The van der Waals surface area contributed by atoms with Gasteiger partial charge in [0.25, 0.3) is 5.91 Å². The van der Waals surface area contributed by atoms with Gasteiger partial charge in [0.15, 0.2) is 12.4 Å². The highest BCUT2D eigenvalue weighted by molar-refractivity contribution is 5.96. The third kappa shape index (κ3) is 4.72. The first-order chi connectivity index (χ1) is 12.6. The van der Waals surface area contributed by atoms with Gasteiger partial charge >= 0.3 is 0 Å². The number of para-hydroxylation sites is 1. The number of benzene rings is 2. The number of carbonyl (C=O) groups is 2. The summed E-state index contributed by atoms with van der Waals surface area (Å²) < 4.78 is 5.62. The maximum atomic E-state index is 12.4. The number of hydrogen-bond donors (Lipinski definition) is 0. The van der Waals surface area contributed by atoms with Gasteiger partial charge in [0.2, 0.25) is 0 Å². The summed E-state index contributed by atoms with van der Waals surface area (Å²) >= 11 is 0. The molecule has 1 heterocycles. The van der Waals surface area contributed by atoms with Crippen LogP contribution in [0.5, 0.6) is 5.75 Å². The van der Waals surface area contributed by atoms with E-state index in [0.29, 0.717) is 17.2 Å². The lowest BCUT2D eigenvalue weighted by atomic mass is 9.90. The molecule has 136 valence electrons. The van der Waals surface area contributed by atoms with Gasteiger partial charge in [-0.15, -0.1) is 0 Å². The molecule has 1 saturated heterocycles. The number of Topliss-reactive ketones (excluding diaryl/α,β-unsaturated/α-hetero) is 1. The zero-order valence-corrected chi connectivity index (χ0v) is 15.2. The Kier molecular flexibility index (Phi) is 6.05. The quantitative estimate of drug-likeness (QED) is 0.745. The van der Waals surface area contributed by atoms with Crippen molar-refractivity contribution in [2.75, 3.05) is 19.7 Å². The maximum Gasteiger partial charge on any atom is 0.260 e. The maximum absolute atomic E-state index is 12.4. The van der Waals surface area contributed by atoms with Crippen molar-refractivity contribution >= 4 is 11.7 Å². The van der Waals surface area contributed by atoms with Gasteiger partial charge < -0.3 is 9.64 Å². The standard InChI is InChI=1S/C22H25NO3/c1-17(24)20-9-5-6-10-21(20)26-16-22(25)23-13-11-19(12-14-23)15-18-7-3-2-4-8-18/h2-10,19H,11-16H2,1H3. The molecule has 0 N–H and O–H groups in total. The van der Waals surface area contributed by atoms with Crippen LogP contribution in [0.3, 0.4) is 0 Å². The molecule has 26 heavy (non-hydrogen) atoms. The molecule has 1 aliphatic heterocycles. The summed E-state index contributed by atoms with van der Waals surface area (Å²) in [7, 11) is 0. The fourth-order valence-corrected chi connectivity index (χ4v) is 3.45. The predicted molar refractivity (Wildman–Crippen MR) is 101 cm³/mol. The number of hydrogen-bond acceptors (Lipinski definition) is 3. The van der Waals surface area contributed by atoms with Gasteiger partial charge in [0.1, 0.15) is 5.75 Å². The van der Waals surface area contributed by atoms with Gasteiger partial charge in [0.05, 0.1) is 5.56 Å². The van der Waals surface area contributed by atoms with E-state index in [-0.39, 0.29) is 18.3 Å². The molecule has 1 fully saturated rings. The van der Waals surface area contributed by atoms with Crippen molar-refractivity contribution in [2.24, 2.45) is 5.92 Å². The highest BCUT2D eigenvalue weighted by atomic mass is 16.5. The average Bonchev–Trinajstić information content (AvgIpc) is 2.67. The Morgan fingerprint density at radius 2 is 1.65 bits per heavy atom. The molecular formula is C22H25NO3. The lowest BCUT2D eigenvalue weighted by Crippen LogP contribution is -2.41. The first-order valence-corrected chi connectivity index (χ1v) is 9.18. The monoisotopic (exact) mass is 351 g/mol. The molecule has 0 aromatic heterocycles. The molecule has 4 nitrogen and oxygen atoms in total. The van der Waals surface area contributed by atoms with Crippen molar-refractivity contribution in [2.45, 2.75) is 26.2 Å². The lowest BCUT2D eigenvalue weighted by Gasteiger charge is -2.32. The topological polar surface area (TPSA) is 46.6 Å². The summed E-state index contributed by atoms with van der Waals surface area (Å²) in [6, 6.07) is 17.6. The zero-order valence-electron chi connectivity index (χ0n) is 15.2. The Morgan fingerprint density at radius 3 is 2.35 bits per heavy atom. The number of piperidine rings is 1. The fourth-order valence-electron chi connectivity index (χ4n) is 3.45. The Labute approximate surface area is 154 Å². The van der Waals surface area contributed by atoms with E-state index in [1.165, 1.54) is 12.5 Å². The normalized spacial score (nSPS) is 14.9. The average molecular weight is 351 g/mol. The second-order valence-electron chi connectivity index (χ2n) is 6.85. The predicted octanol–water partition coefficient (Wildman–Crippen LogP) is 3.75. The van der Waals surface area contributed by atoms with Gasteiger partial charge in [-0.05, 0) is 49.8 Å². The molecular weight excluding hydrogens is 326 g/mol. The minimum absolute atomic E-state index is 0.0125. The van der Waals surface area contributed by atoms with Crippen LogP contribution in [0.15, 0.2) is 54.6 Å². The van der Waals surface area contributed by atoms with Crippen LogP contribution in [0, 0.1) is 5.92 Å². The van der Waals surface area contributed by atoms with Crippen molar-refractivity contribution < 1.29 is 14.3 Å². The molecule has 1 amide bonds. The molecule has 3 rings (SSSR count). The SMILES string of the molecule is CC(=O)c1ccccc1OCC(=O)N1CCC(Cc2ccccc2)CC1. The van der Waals surface area contributed by atoms with Gasteiger partial charge in [0, 0.05) is 13.1 Å². The largest absolute Gasteiger partial charge is 0.483 e. The number of ketones is 1. The van der Waals surface area contributed by atoms with Crippen LogP contribution < -0.4 is 4.74 Å². The van der Waals surface area contributed by atoms with Crippen LogP contribution in [-0.4, -0.2) is 36.3 Å².